The summed E-state index contributed by atoms with van der Waals surface area (Å²) in [6.45, 7) is 5.04. The fraction of sp³-hybridized carbons (Fsp3) is 0.545. The average Bonchev–Trinajstić information content (AvgIpc) is 2.53. The maximum absolute atomic E-state index is 6.24. The van der Waals surface area contributed by atoms with Crippen molar-refractivity contribution in [2.75, 3.05) is 11.4 Å². The van der Waals surface area contributed by atoms with Crippen LogP contribution in [-0.4, -0.2) is 23.6 Å². The number of hydrogen-bond acceptors (Lipinski definition) is 3. The summed E-state index contributed by atoms with van der Waals surface area (Å²) in [7, 11) is 0. The molecule has 0 bridgehead atoms. The van der Waals surface area contributed by atoms with Crippen molar-refractivity contribution in [1.29, 1.82) is 0 Å². The number of pyridine rings is 1. The van der Waals surface area contributed by atoms with Crippen LogP contribution in [0.3, 0.4) is 0 Å². The van der Waals surface area contributed by atoms with Crippen molar-refractivity contribution >= 4 is 17.3 Å². The fourth-order valence-electron chi connectivity index (χ4n) is 2.06. The Morgan fingerprint density at radius 3 is 2.93 bits per heavy atom. The van der Waals surface area contributed by atoms with Crippen LogP contribution in [-0.2, 0) is 0 Å². The number of nitrogens with zero attached hydrogens (tertiary/aromatic N) is 2. The lowest BCUT2D eigenvalue weighted by molar-refractivity contribution is 0.624. The van der Waals surface area contributed by atoms with Gasteiger partial charge in [-0.15, -0.1) is 0 Å². The molecular formula is C11H16ClN3. The van der Waals surface area contributed by atoms with E-state index in [0.29, 0.717) is 6.04 Å². The van der Waals surface area contributed by atoms with Crippen LogP contribution in [0.15, 0.2) is 12.3 Å². The predicted octanol–water partition coefficient (Wildman–Crippen LogP) is 1.97. The summed E-state index contributed by atoms with van der Waals surface area (Å²) in [5.41, 5.74) is 7.93. The normalized spacial score (nSPS) is 26.0. The molecule has 2 unspecified atom stereocenters. The second kappa shape index (κ2) is 3.99. The standard InChI is InChI=1S/C11H16ClN3/c1-7-11(12)10(3-5-14-7)15-6-4-9(13)8(15)2/h3,5,8-9H,4,6,13H2,1-2H3. The molecule has 82 valence electrons. The molecular weight excluding hydrogens is 210 g/mol. The molecule has 1 aliphatic rings. The van der Waals surface area contributed by atoms with Crippen LogP contribution in [0.25, 0.3) is 0 Å². The summed E-state index contributed by atoms with van der Waals surface area (Å²) in [4.78, 5) is 6.43. The molecule has 1 saturated heterocycles. The molecule has 2 rings (SSSR count). The summed E-state index contributed by atoms with van der Waals surface area (Å²) >= 11 is 6.24. The first-order valence-corrected chi connectivity index (χ1v) is 5.62. The number of halogens is 1. The third kappa shape index (κ3) is 1.82. The third-order valence-corrected chi connectivity index (χ3v) is 3.63. The van der Waals surface area contributed by atoms with Gasteiger partial charge in [0.1, 0.15) is 0 Å². The fourth-order valence-corrected chi connectivity index (χ4v) is 2.28. The number of aryl methyl sites for hydroxylation is 1. The van der Waals surface area contributed by atoms with Gasteiger partial charge in [0.15, 0.2) is 0 Å². The second-order valence-electron chi connectivity index (χ2n) is 4.12. The largest absolute Gasteiger partial charge is 0.366 e. The zero-order chi connectivity index (χ0) is 11.0. The molecule has 0 aromatic carbocycles. The highest BCUT2D eigenvalue weighted by molar-refractivity contribution is 6.33. The van der Waals surface area contributed by atoms with E-state index in [-0.39, 0.29) is 6.04 Å². The Balaban J connectivity index is 2.34. The second-order valence-corrected chi connectivity index (χ2v) is 4.49. The van der Waals surface area contributed by atoms with Gasteiger partial charge in [-0.25, -0.2) is 0 Å². The molecule has 2 heterocycles. The molecule has 1 aromatic rings. The topological polar surface area (TPSA) is 42.2 Å². The first kappa shape index (κ1) is 10.7. The van der Waals surface area contributed by atoms with E-state index >= 15 is 0 Å². The Morgan fingerprint density at radius 1 is 1.60 bits per heavy atom. The van der Waals surface area contributed by atoms with E-state index in [2.05, 4.69) is 16.8 Å². The zero-order valence-electron chi connectivity index (χ0n) is 9.07. The number of nitrogens with two attached hydrogens (primary N) is 1. The van der Waals surface area contributed by atoms with Gasteiger partial charge in [0, 0.05) is 24.8 Å². The Labute approximate surface area is 95.2 Å². The molecule has 0 amide bonds. The van der Waals surface area contributed by atoms with Crippen molar-refractivity contribution in [1.82, 2.24) is 4.98 Å². The van der Waals surface area contributed by atoms with Gasteiger partial charge < -0.3 is 10.6 Å². The molecule has 1 aliphatic heterocycles. The van der Waals surface area contributed by atoms with Crippen molar-refractivity contribution in [3.05, 3.63) is 23.0 Å². The lowest BCUT2D eigenvalue weighted by atomic mass is 10.1. The molecule has 3 nitrogen and oxygen atoms in total. The van der Waals surface area contributed by atoms with Crippen molar-refractivity contribution in [2.45, 2.75) is 32.4 Å². The molecule has 2 N–H and O–H groups in total. The van der Waals surface area contributed by atoms with E-state index in [9.17, 15) is 0 Å². The SMILES string of the molecule is Cc1nccc(N2CCC(N)C2C)c1Cl. The zero-order valence-corrected chi connectivity index (χ0v) is 9.83. The van der Waals surface area contributed by atoms with E-state index in [4.69, 9.17) is 17.3 Å². The van der Waals surface area contributed by atoms with Crippen molar-refractivity contribution in [3.8, 4) is 0 Å². The molecule has 4 heteroatoms. The van der Waals surface area contributed by atoms with Crippen LogP contribution in [0, 0.1) is 6.92 Å². The van der Waals surface area contributed by atoms with E-state index in [1.807, 2.05) is 13.0 Å². The Kier molecular flexibility index (Phi) is 2.85. The first-order valence-electron chi connectivity index (χ1n) is 5.24. The number of rotatable bonds is 1. The van der Waals surface area contributed by atoms with Gasteiger partial charge in [0.05, 0.1) is 16.4 Å². The summed E-state index contributed by atoms with van der Waals surface area (Å²) in [5.74, 6) is 0. The third-order valence-electron chi connectivity index (χ3n) is 3.17. The highest BCUT2D eigenvalue weighted by Gasteiger charge is 2.29. The van der Waals surface area contributed by atoms with Crippen LogP contribution in [0.1, 0.15) is 19.0 Å². The lowest BCUT2D eigenvalue weighted by Gasteiger charge is -2.26. The van der Waals surface area contributed by atoms with Gasteiger partial charge in [-0.1, -0.05) is 11.6 Å². The van der Waals surface area contributed by atoms with Gasteiger partial charge >= 0.3 is 0 Å². The predicted molar refractivity (Wildman–Crippen MR) is 63.4 cm³/mol. The minimum atomic E-state index is 0.245. The number of hydrogen-bond donors (Lipinski definition) is 1. The number of aromatic nitrogens is 1. The highest BCUT2D eigenvalue weighted by Crippen LogP contribution is 2.32. The molecule has 1 aromatic heterocycles. The summed E-state index contributed by atoms with van der Waals surface area (Å²) in [5, 5.41) is 0.749. The minimum Gasteiger partial charge on any atom is -0.366 e. The van der Waals surface area contributed by atoms with Gasteiger partial charge in [0.25, 0.3) is 0 Å². The lowest BCUT2D eigenvalue weighted by Crippen LogP contribution is -2.36. The van der Waals surface area contributed by atoms with Gasteiger partial charge in [0.2, 0.25) is 0 Å². The molecule has 1 fully saturated rings. The Morgan fingerprint density at radius 2 is 2.33 bits per heavy atom. The summed E-state index contributed by atoms with van der Waals surface area (Å²) in [6, 6.07) is 2.56. The van der Waals surface area contributed by atoms with E-state index in [1.54, 1.807) is 6.20 Å². The number of anilines is 1. The maximum Gasteiger partial charge on any atom is 0.0851 e. The minimum absolute atomic E-state index is 0.245. The summed E-state index contributed by atoms with van der Waals surface area (Å²) < 4.78 is 0. The Hall–Kier alpha value is -0.800. The van der Waals surface area contributed by atoms with Crippen molar-refractivity contribution < 1.29 is 0 Å². The van der Waals surface area contributed by atoms with Crippen LogP contribution in [0.5, 0.6) is 0 Å². The van der Waals surface area contributed by atoms with Gasteiger partial charge in [-0.2, -0.15) is 0 Å². The van der Waals surface area contributed by atoms with E-state index in [0.717, 1.165) is 29.4 Å². The maximum atomic E-state index is 6.24. The first-order chi connectivity index (χ1) is 7.11. The van der Waals surface area contributed by atoms with Crippen LogP contribution in [0.4, 0.5) is 5.69 Å². The van der Waals surface area contributed by atoms with Crippen molar-refractivity contribution in [3.63, 3.8) is 0 Å². The summed E-state index contributed by atoms with van der Waals surface area (Å²) in [6.07, 6.45) is 2.83. The van der Waals surface area contributed by atoms with E-state index < -0.39 is 0 Å². The molecule has 0 saturated carbocycles. The molecule has 15 heavy (non-hydrogen) atoms. The molecule has 2 atom stereocenters. The van der Waals surface area contributed by atoms with Crippen LogP contribution < -0.4 is 10.6 Å². The van der Waals surface area contributed by atoms with Gasteiger partial charge in [-0.05, 0) is 26.3 Å². The van der Waals surface area contributed by atoms with E-state index in [1.165, 1.54) is 0 Å². The average molecular weight is 226 g/mol. The smallest absolute Gasteiger partial charge is 0.0851 e. The highest BCUT2D eigenvalue weighted by atomic mass is 35.5. The quantitative estimate of drug-likeness (QED) is 0.795. The molecule has 0 radical (unpaired) electrons. The Bertz CT molecular complexity index is 367. The molecule has 0 spiro atoms. The van der Waals surface area contributed by atoms with Crippen LogP contribution >= 0.6 is 11.6 Å². The van der Waals surface area contributed by atoms with Gasteiger partial charge in [-0.3, -0.25) is 4.98 Å². The monoisotopic (exact) mass is 225 g/mol. The van der Waals surface area contributed by atoms with Crippen LogP contribution in [0.2, 0.25) is 5.02 Å². The molecule has 0 aliphatic carbocycles. The van der Waals surface area contributed by atoms with Crippen molar-refractivity contribution in [2.24, 2.45) is 5.73 Å².